The summed E-state index contributed by atoms with van der Waals surface area (Å²) < 4.78 is 11.7. The lowest BCUT2D eigenvalue weighted by molar-refractivity contribution is -0.0860. The van der Waals surface area contributed by atoms with E-state index in [1.54, 1.807) is 0 Å². The summed E-state index contributed by atoms with van der Waals surface area (Å²) in [4.78, 5) is 0. The average molecular weight is 257 g/mol. The molecule has 1 N–H and O–H groups in total. The molecule has 1 aliphatic rings. The third-order valence-corrected chi connectivity index (χ3v) is 3.74. The van der Waals surface area contributed by atoms with Crippen LogP contribution in [0, 0.1) is 0 Å². The molecule has 18 heavy (non-hydrogen) atoms. The second-order valence-electron chi connectivity index (χ2n) is 5.34. The van der Waals surface area contributed by atoms with E-state index in [-0.39, 0.29) is 5.60 Å². The summed E-state index contributed by atoms with van der Waals surface area (Å²) in [7, 11) is 0. The zero-order valence-corrected chi connectivity index (χ0v) is 12.3. The Morgan fingerprint density at radius 2 is 1.78 bits per heavy atom. The Balaban J connectivity index is 2.19. The molecule has 0 unspecified atom stereocenters. The first kappa shape index (κ1) is 15.9. The first-order valence-electron chi connectivity index (χ1n) is 7.75. The van der Waals surface area contributed by atoms with Crippen LogP contribution < -0.4 is 5.32 Å². The maximum absolute atomic E-state index is 6.17. The number of rotatable bonds is 10. The van der Waals surface area contributed by atoms with Crippen molar-refractivity contribution in [3.63, 3.8) is 0 Å². The molecule has 1 fully saturated rings. The Labute approximate surface area is 113 Å². The van der Waals surface area contributed by atoms with Crippen molar-refractivity contribution in [2.75, 3.05) is 32.9 Å². The number of unbranched alkanes of at least 4 members (excludes halogenated alkanes) is 1. The molecule has 1 rings (SSSR count). The molecule has 0 amide bonds. The molecule has 0 aromatic rings. The van der Waals surface area contributed by atoms with Crippen molar-refractivity contribution in [1.29, 1.82) is 0 Å². The van der Waals surface area contributed by atoms with Gasteiger partial charge in [0.2, 0.25) is 0 Å². The maximum atomic E-state index is 6.17. The fourth-order valence-electron chi connectivity index (χ4n) is 2.59. The maximum Gasteiger partial charge on any atom is 0.0807 e. The predicted molar refractivity (Wildman–Crippen MR) is 76.0 cm³/mol. The van der Waals surface area contributed by atoms with Gasteiger partial charge in [-0.2, -0.15) is 0 Å². The molecule has 1 saturated carbocycles. The molecule has 0 radical (unpaired) electrons. The lowest BCUT2D eigenvalue weighted by Gasteiger charge is -2.37. The first-order valence-corrected chi connectivity index (χ1v) is 7.75. The monoisotopic (exact) mass is 257 g/mol. The highest BCUT2D eigenvalue weighted by Crippen LogP contribution is 2.31. The third-order valence-electron chi connectivity index (χ3n) is 3.74. The van der Waals surface area contributed by atoms with Crippen LogP contribution in [0.15, 0.2) is 0 Å². The quantitative estimate of drug-likeness (QED) is 0.610. The molecule has 0 bridgehead atoms. The molecular formula is C15H31NO2. The largest absolute Gasteiger partial charge is 0.379 e. The van der Waals surface area contributed by atoms with Crippen LogP contribution in [0.5, 0.6) is 0 Å². The van der Waals surface area contributed by atoms with E-state index >= 15 is 0 Å². The summed E-state index contributed by atoms with van der Waals surface area (Å²) in [5.74, 6) is 0. The van der Waals surface area contributed by atoms with E-state index in [1.165, 1.54) is 38.5 Å². The van der Waals surface area contributed by atoms with Crippen LogP contribution in [0.1, 0.15) is 58.8 Å². The fraction of sp³-hybridized carbons (Fsp3) is 1.00. The molecule has 0 aliphatic heterocycles. The highest BCUT2D eigenvalue weighted by atomic mass is 16.5. The van der Waals surface area contributed by atoms with E-state index in [9.17, 15) is 0 Å². The van der Waals surface area contributed by atoms with Crippen LogP contribution >= 0.6 is 0 Å². The molecule has 0 heterocycles. The summed E-state index contributed by atoms with van der Waals surface area (Å²) in [6, 6.07) is 0. The van der Waals surface area contributed by atoms with Crippen LogP contribution in [0.25, 0.3) is 0 Å². The molecular weight excluding hydrogens is 226 g/mol. The molecule has 0 atom stereocenters. The SMILES string of the molecule is CCCCOCCOC1(CNCC)CCCCC1. The normalized spacial score (nSPS) is 19.0. The number of hydrogen-bond acceptors (Lipinski definition) is 3. The van der Waals surface area contributed by atoms with Crippen LogP contribution in [0.4, 0.5) is 0 Å². The Morgan fingerprint density at radius 3 is 2.44 bits per heavy atom. The zero-order valence-electron chi connectivity index (χ0n) is 12.3. The second kappa shape index (κ2) is 9.76. The van der Waals surface area contributed by atoms with Gasteiger partial charge in [0.05, 0.1) is 18.8 Å². The van der Waals surface area contributed by atoms with E-state index in [4.69, 9.17) is 9.47 Å². The molecule has 1 aliphatic carbocycles. The summed E-state index contributed by atoms with van der Waals surface area (Å²) >= 11 is 0. The van der Waals surface area contributed by atoms with Crippen LogP contribution in [-0.4, -0.2) is 38.5 Å². The van der Waals surface area contributed by atoms with Gasteiger partial charge in [-0.05, 0) is 25.8 Å². The van der Waals surface area contributed by atoms with Crippen LogP contribution in [0.3, 0.4) is 0 Å². The molecule has 108 valence electrons. The van der Waals surface area contributed by atoms with Gasteiger partial charge in [-0.15, -0.1) is 0 Å². The van der Waals surface area contributed by atoms with Crippen LogP contribution in [0.2, 0.25) is 0 Å². The first-order chi connectivity index (χ1) is 8.83. The van der Waals surface area contributed by atoms with Gasteiger partial charge < -0.3 is 14.8 Å². The zero-order chi connectivity index (χ0) is 13.1. The van der Waals surface area contributed by atoms with E-state index in [0.29, 0.717) is 0 Å². The van der Waals surface area contributed by atoms with Crippen molar-refractivity contribution >= 4 is 0 Å². The number of ether oxygens (including phenoxy) is 2. The average Bonchev–Trinajstić information content (AvgIpc) is 2.42. The summed E-state index contributed by atoms with van der Waals surface area (Å²) in [5, 5.41) is 3.45. The minimum Gasteiger partial charge on any atom is -0.379 e. The Hall–Kier alpha value is -0.120. The standard InChI is InChI=1S/C15H31NO2/c1-3-5-11-17-12-13-18-15(14-16-4-2)9-7-6-8-10-15/h16H,3-14H2,1-2H3. The number of hydrogen-bond donors (Lipinski definition) is 1. The van der Waals surface area contributed by atoms with Gasteiger partial charge in [0.25, 0.3) is 0 Å². The van der Waals surface area contributed by atoms with Gasteiger partial charge in [-0.1, -0.05) is 39.5 Å². The van der Waals surface area contributed by atoms with Crippen molar-refractivity contribution in [3.8, 4) is 0 Å². The summed E-state index contributed by atoms with van der Waals surface area (Å²) in [5.41, 5.74) is 0.0857. The van der Waals surface area contributed by atoms with Gasteiger partial charge in [0.15, 0.2) is 0 Å². The molecule has 0 saturated heterocycles. The fourth-order valence-corrected chi connectivity index (χ4v) is 2.59. The van der Waals surface area contributed by atoms with Crippen molar-refractivity contribution in [1.82, 2.24) is 5.32 Å². The van der Waals surface area contributed by atoms with Gasteiger partial charge in [0, 0.05) is 13.2 Å². The minimum absolute atomic E-state index is 0.0857. The molecule has 0 spiro atoms. The van der Waals surface area contributed by atoms with E-state index in [2.05, 4.69) is 19.2 Å². The van der Waals surface area contributed by atoms with Gasteiger partial charge >= 0.3 is 0 Å². The lowest BCUT2D eigenvalue weighted by atomic mass is 9.84. The van der Waals surface area contributed by atoms with Crippen molar-refractivity contribution in [2.45, 2.75) is 64.4 Å². The topological polar surface area (TPSA) is 30.5 Å². The van der Waals surface area contributed by atoms with E-state index in [0.717, 1.165) is 39.3 Å². The minimum atomic E-state index is 0.0857. The second-order valence-corrected chi connectivity index (χ2v) is 5.34. The number of nitrogens with one attached hydrogen (secondary N) is 1. The third kappa shape index (κ3) is 6.17. The molecule has 3 heteroatoms. The van der Waals surface area contributed by atoms with Crippen molar-refractivity contribution in [3.05, 3.63) is 0 Å². The summed E-state index contributed by atoms with van der Waals surface area (Å²) in [6.45, 7) is 8.73. The Kier molecular flexibility index (Phi) is 8.64. The lowest BCUT2D eigenvalue weighted by Crippen LogP contribution is -2.45. The molecule has 0 aromatic carbocycles. The smallest absolute Gasteiger partial charge is 0.0807 e. The highest BCUT2D eigenvalue weighted by Gasteiger charge is 2.32. The van der Waals surface area contributed by atoms with Crippen molar-refractivity contribution in [2.24, 2.45) is 0 Å². The van der Waals surface area contributed by atoms with E-state index in [1.807, 2.05) is 0 Å². The Bertz CT molecular complexity index is 191. The molecule has 0 aromatic heterocycles. The van der Waals surface area contributed by atoms with Gasteiger partial charge in [-0.3, -0.25) is 0 Å². The number of likely N-dealkylation sites (N-methyl/N-ethyl adjacent to an activating group) is 1. The highest BCUT2D eigenvalue weighted by molar-refractivity contribution is 4.86. The van der Waals surface area contributed by atoms with Gasteiger partial charge in [-0.25, -0.2) is 0 Å². The predicted octanol–water partition coefficient (Wildman–Crippen LogP) is 3.13. The van der Waals surface area contributed by atoms with E-state index < -0.39 is 0 Å². The summed E-state index contributed by atoms with van der Waals surface area (Å²) in [6.07, 6.45) is 8.74. The molecule has 3 nitrogen and oxygen atoms in total. The van der Waals surface area contributed by atoms with Crippen LogP contribution in [-0.2, 0) is 9.47 Å². The van der Waals surface area contributed by atoms with Gasteiger partial charge in [0.1, 0.15) is 0 Å². The Morgan fingerprint density at radius 1 is 1.00 bits per heavy atom. The van der Waals surface area contributed by atoms with Crippen molar-refractivity contribution < 1.29 is 9.47 Å².